The van der Waals surface area contributed by atoms with Crippen LogP contribution in [0.5, 0.6) is 0 Å². The summed E-state index contributed by atoms with van der Waals surface area (Å²) >= 11 is 0. The van der Waals surface area contributed by atoms with E-state index in [0.717, 1.165) is 15.9 Å². The molecule has 2 atom stereocenters. The van der Waals surface area contributed by atoms with Gasteiger partial charge in [0.2, 0.25) is 0 Å². The van der Waals surface area contributed by atoms with E-state index in [1.165, 1.54) is 21.9 Å². The van der Waals surface area contributed by atoms with Gasteiger partial charge in [0, 0.05) is 10.8 Å². The second kappa shape index (κ2) is 6.04. The molecule has 2 radical (unpaired) electrons. The van der Waals surface area contributed by atoms with Crippen molar-refractivity contribution in [3.05, 3.63) is 76.0 Å². The Balaban J connectivity index is 2.09. The standard InChI is InChI=1S/C23H28Si/c1-16-11-10-12-20(15-16)24-21-18(3)17(2)19(4)23(21,6)22(5)13-8-7-9-14-22/h7-13,15H,14H2,1-6H3. The molecule has 0 nitrogen and oxygen atoms in total. The molecule has 24 heavy (non-hydrogen) atoms. The van der Waals surface area contributed by atoms with Gasteiger partial charge in [0.05, 0.1) is 0 Å². The molecule has 0 saturated heterocycles. The molecule has 0 aromatic heterocycles. The normalized spacial score (nSPS) is 29.8. The fourth-order valence-electron chi connectivity index (χ4n) is 4.30. The number of rotatable bonds is 3. The summed E-state index contributed by atoms with van der Waals surface area (Å²) in [5.74, 6) is 0. The van der Waals surface area contributed by atoms with E-state index in [9.17, 15) is 0 Å². The molecule has 2 aliphatic carbocycles. The van der Waals surface area contributed by atoms with Crippen molar-refractivity contribution >= 4 is 14.7 Å². The van der Waals surface area contributed by atoms with Crippen molar-refractivity contribution in [1.82, 2.24) is 0 Å². The first kappa shape index (κ1) is 17.2. The summed E-state index contributed by atoms with van der Waals surface area (Å²) in [7, 11) is 0.743. The Labute approximate surface area is 149 Å². The van der Waals surface area contributed by atoms with Crippen LogP contribution in [-0.2, 0) is 0 Å². The average Bonchev–Trinajstić information content (AvgIpc) is 2.72. The van der Waals surface area contributed by atoms with Crippen LogP contribution in [0.15, 0.2) is 70.5 Å². The minimum Gasteiger partial charge on any atom is -0.0837 e. The van der Waals surface area contributed by atoms with E-state index in [2.05, 4.69) is 90.1 Å². The molecular formula is C23H28Si. The predicted octanol–water partition coefficient (Wildman–Crippen LogP) is 5.48. The van der Waals surface area contributed by atoms with Crippen LogP contribution in [0.3, 0.4) is 0 Å². The lowest BCUT2D eigenvalue weighted by molar-refractivity contribution is 0.224. The summed E-state index contributed by atoms with van der Waals surface area (Å²) in [5, 5.41) is 3.09. The smallest absolute Gasteiger partial charge is 0.0837 e. The van der Waals surface area contributed by atoms with Crippen LogP contribution in [0.4, 0.5) is 0 Å². The van der Waals surface area contributed by atoms with E-state index in [0.29, 0.717) is 0 Å². The van der Waals surface area contributed by atoms with Crippen molar-refractivity contribution < 1.29 is 0 Å². The summed E-state index contributed by atoms with van der Waals surface area (Å²) in [6, 6.07) is 9.01. The molecule has 124 valence electrons. The van der Waals surface area contributed by atoms with Gasteiger partial charge in [-0.15, -0.1) is 0 Å². The molecule has 0 N–H and O–H groups in total. The highest BCUT2D eigenvalue weighted by atomic mass is 28.2. The van der Waals surface area contributed by atoms with E-state index >= 15 is 0 Å². The van der Waals surface area contributed by atoms with Gasteiger partial charge in [-0.1, -0.05) is 89.5 Å². The van der Waals surface area contributed by atoms with E-state index < -0.39 is 0 Å². The van der Waals surface area contributed by atoms with Crippen molar-refractivity contribution in [3.63, 3.8) is 0 Å². The molecule has 0 heterocycles. The Morgan fingerprint density at radius 1 is 0.958 bits per heavy atom. The second-order valence-corrected chi connectivity index (χ2v) is 9.11. The molecule has 2 aliphatic rings. The lowest BCUT2D eigenvalue weighted by atomic mass is 9.60. The Bertz CT molecular complexity index is 790. The summed E-state index contributed by atoms with van der Waals surface area (Å²) in [4.78, 5) is 0. The first-order valence-electron chi connectivity index (χ1n) is 8.87. The lowest BCUT2D eigenvalue weighted by Gasteiger charge is -2.47. The van der Waals surface area contributed by atoms with Gasteiger partial charge in [-0.2, -0.15) is 0 Å². The van der Waals surface area contributed by atoms with Gasteiger partial charge >= 0.3 is 0 Å². The average molecular weight is 333 g/mol. The molecule has 0 aliphatic heterocycles. The zero-order valence-electron chi connectivity index (χ0n) is 15.8. The zero-order valence-corrected chi connectivity index (χ0v) is 16.8. The number of aryl methyl sites for hydroxylation is 1. The Morgan fingerprint density at radius 3 is 2.33 bits per heavy atom. The van der Waals surface area contributed by atoms with Gasteiger partial charge in [-0.25, -0.2) is 0 Å². The van der Waals surface area contributed by atoms with Crippen LogP contribution >= 0.6 is 0 Å². The largest absolute Gasteiger partial charge is 0.117 e. The molecule has 0 amide bonds. The summed E-state index contributed by atoms with van der Waals surface area (Å²) in [6.07, 6.45) is 10.3. The van der Waals surface area contributed by atoms with E-state index in [1.807, 2.05) is 0 Å². The summed E-state index contributed by atoms with van der Waals surface area (Å²) in [6.45, 7) is 14.1. The van der Waals surface area contributed by atoms with Crippen molar-refractivity contribution in [1.29, 1.82) is 0 Å². The second-order valence-electron chi connectivity index (χ2n) is 7.78. The highest BCUT2D eigenvalue weighted by Gasteiger charge is 2.50. The molecule has 0 fully saturated rings. The van der Waals surface area contributed by atoms with E-state index in [4.69, 9.17) is 0 Å². The monoisotopic (exact) mass is 332 g/mol. The van der Waals surface area contributed by atoms with Crippen molar-refractivity contribution in [2.45, 2.75) is 48.0 Å². The van der Waals surface area contributed by atoms with Crippen molar-refractivity contribution in [3.8, 4) is 0 Å². The minimum atomic E-state index is 0.102. The van der Waals surface area contributed by atoms with Crippen LogP contribution in [-0.4, -0.2) is 9.52 Å². The number of allylic oxidation sites excluding steroid dienone is 8. The predicted molar refractivity (Wildman–Crippen MR) is 107 cm³/mol. The van der Waals surface area contributed by atoms with Crippen molar-refractivity contribution in [2.24, 2.45) is 10.8 Å². The van der Waals surface area contributed by atoms with Gasteiger partial charge in [-0.05, 0) is 39.7 Å². The molecule has 1 aromatic rings. The molecule has 0 spiro atoms. The van der Waals surface area contributed by atoms with Gasteiger partial charge in [0.1, 0.15) is 9.52 Å². The fraction of sp³-hybridized carbons (Fsp3) is 0.391. The van der Waals surface area contributed by atoms with Crippen LogP contribution in [0.2, 0.25) is 0 Å². The van der Waals surface area contributed by atoms with Gasteiger partial charge in [-0.3, -0.25) is 0 Å². The number of benzene rings is 1. The minimum absolute atomic E-state index is 0.102. The number of hydrogen-bond donors (Lipinski definition) is 0. The Hall–Kier alpha value is -1.60. The summed E-state index contributed by atoms with van der Waals surface area (Å²) < 4.78 is 0. The molecule has 1 aromatic carbocycles. The molecule has 1 heteroatoms. The maximum absolute atomic E-state index is 2.48. The third-order valence-electron chi connectivity index (χ3n) is 6.43. The fourth-order valence-corrected chi connectivity index (χ4v) is 6.17. The molecule has 0 bridgehead atoms. The maximum Gasteiger partial charge on any atom is 0.117 e. The highest BCUT2D eigenvalue weighted by Crippen LogP contribution is 2.59. The topological polar surface area (TPSA) is 0 Å². The highest BCUT2D eigenvalue weighted by molar-refractivity contribution is 6.61. The molecule has 0 saturated carbocycles. The van der Waals surface area contributed by atoms with E-state index in [1.54, 1.807) is 10.8 Å². The van der Waals surface area contributed by atoms with Crippen molar-refractivity contribution in [2.75, 3.05) is 0 Å². The van der Waals surface area contributed by atoms with Gasteiger partial charge in [0.25, 0.3) is 0 Å². The first-order valence-corrected chi connectivity index (χ1v) is 9.87. The summed E-state index contributed by atoms with van der Waals surface area (Å²) in [5.41, 5.74) is 6.17. The maximum atomic E-state index is 2.48. The molecular weight excluding hydrogens is 304 g/mol. The molecule has 2 unspecified atom stereocenters. The SMILES string of the molecule is CC1=C(C)C(C)(C2(C)C=CC=CC2)C([Si]c2cccc(C)c2)=C1C. The van der Waals surface area contributed by atoms with Crippen LogP contribution in [0, 0.1) is 17.8 Å². The number of hydrogen-bond acceptors (Lipinski definition) is 0. The van der Waals surface area contributed by atoms with Gasteiger partial charge < -0.3 is 0 Å². The van der Waals surface area contributed by atoms with E-state index in [-0.39, 0.29) is 10.8 Å². The van der Waals surface area contributed by atoms with Gasteiger partial charge in [0.15, 0.2) is 0 Å². The Morgan fingerprint density at radius 2 is 1.71 bits per heavy atom. The lowest BCUT2D eigenvalue weighted by Crippen LogP contribution is -2.41. The van der Waals surface area contributed by atoms with Crippen LogP contribution in [0.25, 0.3) is 0 Å². The zero-order chi connectivity index (χ0) is 17.5. The van der Waals surface area contributed by atoms with Crippen LogP contribution < -0.4 is 5.19 Å². The van der Waals surface area contributed by atoms with Crippen LogP contribution in [0.1, 0.15) is 46.6 Å². The third kappa shape index (κ3) is 2.50. The first-order chi connectivity index (χ1) is 11.3. The molecule has 3 rings (SSSR count). The third-order valence-corrected chi connectivity index (χ3v) is 8.16. The Kier molecular flexibility index (Phi) is 4.33. The quantitative estimate of drug-likeness (QED) is 0.643.